The number of aliphatic carboxylic acids is 1. The highest BCUT2D eigenvalue weighted by Gasteiger charge is 2.15. The van der Waals surface area contributed by atoms with Crippen LogP contribution in [0.1, 0.15) is 31.1 Å². The molecule has 0 spiro atoms. The number of rotatable bonds is 9. The van der Waals surface area contributed by atoms with Gasteiger partial charge in [-0.15, -0.1) is 0 Å². The van der Waals surface area contributed by atoms with Gasteiger partial charge in [0.1, 0.15) is 18.4 Å². The highest BCUT2D eigenvalue weighted by atomic mass is 16.5. The van der Waals surface area contributed by atoms with E-state index in [0.717, 1.165) is 19.6 Å². The molecule has 0 saturated carbocycles. The third-order valence-corrected chi connectivity index (χ3v) is 3.41. The molecule has 1 aromatic carbocycles. The van der Waals surface area contributed by atoms with Crippen LogP contribution in [0, 0.1) is 0 Å². The molecule has 0 bridgehead atoms. The van der Waals surface area contributed by atoms with Gasteiger partial charge in [0.2, 0.25) is 0 Å². The normalized spacial score (nSPS) is 12.0. The monoisotopic (exact) mass is 308 g/mol. The molecule has 6 nitrogen and oxygen atoms in total. The maximum atomic E-state index is 11.8. The van der Waals surface area contributed by atoms with Crippen molar-refractivity contribution in [3.05, 3.63) is 29.8 Å². The van der Waals surface area contributed by atoms with Crippen LogP contribution in [0.5, 0.6) is 5.75 Å². The zero-order chi connectivity index (χ0) is 16.5. The van der Waals surface area contributed by atoms with E-state index in [-0.39, 0.29) is 0 Å². The molecule has 1 atom stereocenters. The SMILES string of the molecule is CCN(CC)CCOc1ccc(C(=O)NC(C)C(=O)O)cc1. The summed E-state index contributed by atoms with van der Waals surface area (Å²) in [5.41, 5.74) is 0.407. The van der Waals surface area contributed by atoms with Crippen molar-refractivity contribution in [1.29, 1.82) is 0 Å². The number of hydrogen-bond donors (Lipinski definition) is 2. The lowest BCUT2D eigenvalue weighted by molar-refractivity contribution is -0.138. The maximum Gasteiger partial charge on any atom is 0.325 e. The third kappa shape index (κ3) is 5.73. The van der Waals surface area contributed by atoms with Gasteiger partial charge in [0, 0.05) is 12.1 Å². The Balaban J connectivity index is 2.49. The van der Waals surface area contributed by atoms with E-state index in [4.69, 9.17) is 9.84 Å². The summed E-state index contributed by atoms with van der Waals surface area (Å²) in [6.45, 7) is 9.05. The van der Waals surface area contributed by atoms with Crippen molar-refractivity contribution < 1.29 is 19.4 Å². The van der Waals surface area contributed by atoms with Gasteiger partial charge in [-0.1, -0.05) is 13.8 Å². The minimum atomic E-state index is -1.07. The predicted octanol–water partition coefficient (Wildman–Crippen LogP) is 1.61. The third-order valence-electron chi connectivity index (χ3n) is 3.41. The van der Waals surface area contributed by atoms with E-state index in [1.54, 1.807) is 24.3 Å². The molecule has 0 radical (unpaired) electrons. The van der Waals surface area contributed by atoms with Crippen molar-refractivity contribution in [2.45, 2.75) is 26.8 Å². The number of likely N-dealkylation sites (N-methyl/N-ethyl adjacent to an activating group) is 1. The van der Waals surface area contributed by atoms with Gasteiger partial charge in [-0.05, 0) is 44.3 Å². The standard InChI is InChI=1S/C16H24N2O4/c1-4-18(5-2)10-11-22-14-8-6-13(7-9-14)15(19)17-12(3)16(20)21/h6-9,12H,4-5,10-11H2,1-3H3,(H,17,19)(H,20,21). The molecule has 0 aliphatic carbocycles. The second-order valence-corrected chi connectivity index (χ2v) is 4.93. The summed E-state index contributed by atoms with van der Waals surface area (Å²) < 4.78 is 5.63. The molecule has 22 heavy (non-hydrogen) atoms. The second-order valence-electron chi connectivity index (χ2n) is 4.93. The smallest absolute Gasteiger partial charge is 0.325 e. The first-order chi connectivity index (χ1) is 10.5. The lowest BCUT2D eigenvalue weighted by Crippen LogP contribution is -2.38. The summed E-state index contributed by atoms with van der Waals surface area (Å²) in [5.74, 6) is -0.788. The maximum absolute atomic E-state index is 11.8. The molecular weight excluding hydrogens is 284 g/mol. The van der Waals surface area contributed by atoms with Crippen molar-refractivity contribution in [1.82, 2.24) is 10.2 Å². The van der Waals surface area contributed by atoms with Gasteiger partial charge in [-0.3, -0.25) is 9.59 Å². The van der Waals surface area contributed by atoms with Crippen molar-refractivity contribution >= 4 is 11.9 Å². The number of carboxylic acids is 1. The zero-order valence-corrected chi connectivity index (χ0v) is 13.3. The first-order valence-corrected chi connectivity index (χ1v) is 7.46. The van der Waals surface area contributed by atoms with Gasteiger partial charge in [-0.2, -0.15) is 0 Å². The number of carbonyl (C=O) groups excluding carboxylic acids is 1. The Bertz CT molecular complexity index is 483. The summed E-state index contributed by atoms with van der Waals surface area (Å²) in [5, 5.41) is 11.2. The molecule has 0 saturated heterocycles. The highest BCUT2D eigenvalue weighted by Crippen LogP contribution is 2.12. The van der Waals surface area contributed by atoms with E-state index in [1.807, 2.05) is 0 Å². The van der Waals surface area contributed by atoms with Crippen LogP contribution in [0.15, 0.2) is 24.3 Å². The Hall–Kier alpha value is -2.08. The molecular formula is C16H24N2O4. The predicted molar refractivity (Wildman–Crippen MR) is 84.3 cm³/mol. The Morgan fingerprint density at radius 2 is 1.82 bits per heavy atom. The van der Waals surface area contributed by atoms with Crippen LogP contribution in [0.3, 0.4) is 0 Å². The summed E-state index contributed by atoms with van der Waals surface area (Å²) in [6.07, 6.45) is 0. The first kappa shape index (κ1) is 18.0. The van der Waals surface area contributed by atoms with E-state index in [2.05, 4.69) is 24.1 Å². The molecule has 122 valence electrons. The van der Waals surface area contributed by atoms with Gasteiger partial charge < -0.3 is 20.1 Å². The molecule has 1 unspecified atom stereocenters. The summed E-state index contributed by atoms with van der Waals surface area (Å²) in [6, 6.07) is 5.75. The van der Waals surface area contributed by atoms with E-state index >= 15 is 0 Å². The number of carboxylic acid groups (broad SMARTS) is 1. The van der Waals surface area contributed by atoms with Crippen LogP contribution in [0.25, 0.3) is 0 Å². The van der Waals surface area contributed by atoms with E-state index in [1.165, 1.54) is 6.92 Å². The van der Waals surface area contributed by atoms with Crippen LogP contribution in [-0.2, 0) is 4.79 Å². The molecule has 0 fully saturated rings. The minimum Gasteiger partial charge on any atom is -0.492 e. The van der Waals surface area contributed by atoms with Crippen LogP contribution in [-0.4, -0.2) is 54.2 Å². The highest BCUT2D eigenvalue weighted by molar-refractivity contribution is 5.96. The first-order valence-electron chi connectivity index (χ1n) is 7.46. The fourth-order valence-electron chi connectivity index (χ4n) is 1.88. The number of nitrogens with zero attached hydrogens (tertiary/aromatic N) is 1. The van der Waals surface area contributed by atoms with Gasteiger partial charge in [0.25, 0.3) is 5.91 Å². The molecule has 0 aliphatic heterocycles. The number of carbonyl (C=O) groups is 2. The molecule has 2 N–H and O–H groups in total. The Labute approximate surface area is 131 Å². The number of ether oxygens (including phenoxy) is 1. The van der Waals surface area contributed by atoms with E-state index in [0.29, 0.717) is 17.9 Å². The van der Waals surface area contributed by atoms with Gasteiger partial charge in [-0.25, -0.2) is 0 Å². The van der Waals surface area contributed by atoms with E-state index < -0.39 is 17.9 Å². The van der Waals surface area contributed by atoms with Gasteiger partial charge in [0.15, 0.2) is 0 Å². The molecule has 1 rings (SSSR count). The molecule has 1 aromatic rings. The zero-order valence-electron chi connectivity index (χ0n) is 13.3. The summed E-state index contributed by atoms with van der Waals surface area (Å²) >= 11 is 0. The lowest BCUT2D eigenvalue weighted by Gasteiger charge is -2.18. The lowest BCUT2D eigenvalue weighted by atomic mass is 10.2. The minimum absolute atomic E-state index is 0.407. The van der Waals surface area contributed by atoms with Crippen molar-refractivity contribution in [3.8, 4) is 5.75 Å². The number of amides is 1. The van der Waals surface area contributed by atoms with Crippen LogP contribution in [0.2, 0.25) is 0 Å². The van der Waals surface area contributed by atoms with Crippen molar-refractivity contribution in [2.75, 3.05) is 26.2 Å². The number of nitrogens with one attached hydrogen (secondary N) is 1. The Morgan fingerprint density at radius 1 is 1.23 bits per heavy atom. The molecule has 0 aliphatic rings. The second kappa shape index (κ2) is 9.04. The van der Waals surface area contributed by atoms with Crippen molar-refractivity contribution in [3.63, 3.8) is 0 Å². The Morgan fingerprint density at radius 3 is 2.32 bits per heavy atom. The average Bonchev–Trinajstić information content (AvgIpc) is 2.52. The summed E-state index contributed by atoms with van der Waals surface area (Å²) in [4.78, 5) is 24.8. The quantitative estimate of drug-likeness (QED) is 0.724. The number of hydrogen-bond acceptors (Lipinski definition) is 4. The Kier molecular flexibility index (Phi) is 7.39. The topological polar surface area (TPSA) is 78.9 Å². The largest absolute Gasteiger partial charge is 0.492 e. The average molecular weight is 308 g/mol. The molecule has 0 aromatic heterocycles. The van der Waals surface area contributed by atoms with E-state index in [9.17, 15) is 9.59 Å². The molecule has 0 heterocycles. The molecule has 6 heteroatoms. The fraction of sp³-hybridized carbons (Fsp3) is 0.500. The summed E-state index contributed by atoms with van der Waals surface area (Å²) in [7, 11) is 0. The van der Waals surface area contributed by atoms with Crippen LogP contribution >= 0.6 is 0 Å². The molecule has 1 amide bonds. The van der Waals surface area contributed by atoms with Crippen molar-refractivity contribution in [2.24, 2.45) is 0 Å². The van der Waals surface area contributed by atoms with Gasteiger partial charge in [0.05, 0.1) is 0 Å². The van der Waals surface area contributed by atoms with Crippen LogP contribution in [0.4, 0.5) is 0 Å². The number of benzene rings is 1. The van der Waals surface area contributed by atoms with Gasteiger partial charge >= 0.3 is 5.97 Å². The van der Waals surface area contributed by atoms with Crippen LogP contribution < -0.4 is 10.1 Å². The fourth-order valence-corrected chi connectivity index (χ4v) is 1.88.